The van der Waals surface area contributed by atoms with Crippen molar-refractivity contribution in [2.24, 2.45) is 11.7 Å². The molecule has 0 amide bonds. The monoisotopic (exact) mass is 349 g/mol. The predicted molar refractivity (Wildman–Crippen MR) is 69.2 cm³/mol. The van der Waals surface area contributed by atoms with E-state index >= 15 is 0 Å². The molecule has 5 heteroatoms. The molecular formula is C11H13Br2NO2. The normalized spacial score (nSPS) is 19.5. The zero-order valence-corrected chi connectivity index (χ0v) is 11.7. The van der Waals surface area contributed by atoms with Gasteiger partial charge in [-0.3, -0.25) is 0 Å². The van der Waals surface area contributed by atoms with Crippen molar-refractivity contribution in [1.82, 2.24) is 0 Å². The van der Waals surface area contributed by atoms with Crippen LogP contribution in [0.2, 0.25) is 0 Å². The number of nitrogens with two attached hydrogens (primary N) is 1. The fourth-order valence-corrected chi connectivity index (χ4v) is 2.93. The Morgan fingerprint density at radius 1 is 1.25 bits per heavy atom. The topological polar surface area (TPSA) is 66.5 Å². The van der Waals surface area contributed by atoms with E-state index in [1.54, 1.807) is 12.1 Å². The van der Waals surface area contributed by atoms with Gasteiger partial charge in [0.1, 0.15) is 5.75 Å². The van der Waals surface area contributed by atoms with E-state index in [-0.39, 0.29) is 5.75 Å². The van der Waals surface area contributed by atoms with Gasteiger partial charge in [-0.25, -0.2) is 0 Å². The van der Waals surface area contributed by atoms with Gasteiger partial charge < -0.3 is 15.9 Å². The van der Waals surface area contributed by atoms with Gasteiger partial charge in [0.2, 0.25) is 0 Å². The second kappa shape index (κ2) is 4.64. The Hall–Kier alpha value is -0.100. The van der Waals surface area contributed by atoms with E-state index in [1.165, 1.54) is 0 Å². The Morgan fingerprint density at radius 3 is 2.19 bits per heavy atom. The lowest BCUT2D eigenvalue weighted by Gasteiger charge is -2.19. The zero-order chi connectivity index (χ0) is 11.9. The van der Waals surface area contributed by atoms with Crippen LogP contribution in [-0.4, -0.2) is 16.3 Å². The minimum Gasteiger partial charge on any atom is -0.506 e. The number of aliphatic hydroxyl groups is 1. The van der Waals surface area contributed by atoms with E-state index in [2.05, 4.69) is 31.9 Å². The molecule has 3 nitrogen and oxygen atoms in total. The lowest BCUT2D eigenvalue weighted by Crippen LogP contribution is -2.27. The molecule has 2 rings (SSSR count). The highest BCUT2D eigenvalue weighted by Gasteiger charge is 2.34. The Balaban J connectivity index is 2.25. The predicted octanol–water partition coefficient (Wildman–Crippen LogP) is 2.69. The summed E-state index contributed by atoms with van der Waals surface area (Å²) in [5, 5.41) is 19.5. The van der Waals surface area contributed by atoms with Gasteiger partial charge in [0, 0.05) is 0 Å². The molecule has 1 aliphatic rings. The molecule has 4 N–H and O–H groups in total. The van der Waals surface area contributed by atoms with Gasteiger partial charge in [0.25, 0.3) is 0 Å². The first-order valence-electron chi connectivity index (χ1n) is 5.12. The van der Waals surface area contributed by atoms with Crippen molar-refractivity contribution in [3.63, 3.8) is 0 Å². The fraction of sp³-hybridized carbons (Fsp3) is 0.455. The molecule has 0 aromatic heterocycles. The maximum absolute atomic E-state index is 9.94. The van der Waals surface area contributed by atoms with Crippen LogP contribution in [0.1, 0.15) is 24.4 Å². The van der Waals surface area contributed by atoms with E-state index in [0.29, 0.717) is 14.9 Å². The number of hydrogen-bond donors (Lipinski definition) is 3. The molecule has 0 unspecified atom stereocenters. The van der Waals surface area contributed by atoms with Crippen LogP contribution in [-0.2, 0) is 0 Å². The Kier molecular flexibility index (Phi) is 3.59. The lowest BCUT2D eigenvalue weighted by atomic mass is 9.99. The van der Waals surface area contributed by atoms with Crippen LogP contribution in [0, 0.1) is 5.92 Å². The second-order valence-corrected chi connectivity index (χ2v) is 5.90. The Morgan fingerprint density at radius 2 is 1.75 bits per heavy atom. The summed E-state index contributed by atoms with van der Waals surface area (Å²) in [7, 11) is 0. The van der Waals surface area contributed by atoms with E-state index in [0.717, 1.165) is 18.4 Å². The van der Waals surface area contributed by atoms with E-state index in [9.17, 15) is 10.2 Å². The molecule has 0 radical (unpaired) electrons. The first-order valence-corrected chi connectivity index (χ1v) is 6.71. The van der Waals surface area contributed by atoms with Crippen molar-refractivity contribution in [3.8, 4) is 5.75 Å². The maximum atomic E-state index is 9.94. The Bertz CT molecular complexity index is 384. The highest BCUT2D eigenvalue weighted by Crippen LogP contribution is 2.40. The number of phenols is 1. The molecule has 1 aliphatic carbocycles. The molecule has 0 saturated heterocycles. The van der Waals surface area contributed by atoms with Gasteiger partial charge in [-0.2, -0.15) is 0 Å². The van der Waals surface area contributed by atoms with Gasteiger partial charge in [0.15, 0.2) is 0 Å². The third kappa shape index (κ3) is 2.42. The number of aliphatic hydroxyl groups excluding tert-OH is 1. The zero-order valence-electron chi connectivity index (χ0n) is 8.53. The molecule has 88 valence electrons. The first kappa shape index (κ1) is 12.4. The number of aromatic hydroxyl groups is 1. The highest BCUT2D eigenvalue weighted by molar-refractivity contribution is 9.11. The van der Waals surface area contributed by atoms with E-state index < -0.39 is 12.1 Å². The summed E-state index contributed by atoms with van der Waals surface area (Å²) < 4.78 is 1.16. The van der Waals surface area contributed by atoms with Crippen molar-refractivity contribution in [3.05, 3.63) is 26.6 Å². The summed E-state index contributed by atoms with van der Waals surface area (Å²) in [6.07, 6.45) is 1.60. The van der Waals surface area contributed by atoms with Crippen molar-refractivity contribution in [2.75, 3.05) is 0 Å². The third-order valence-electron chi connectivity index (χ3n) is 2.90. The number of hydrogen-bond acceptors (Lipinski definition) is 3. The Labute approximate surface area is 111 Å². The average molecular weight is 351 g/mol. The van der Waals surface area contributed by atoms with Crippen molar-refractivity contribution in [2.45, 2.75) is 25.0 Å². The molecule has 0 heterocycles. The van der Waals surface area contributed by atoms with Crippen LogP contribution in [0.25, 0.3) is 0 Å². The summed E-state index contributed by atoms with van der Waals surface area (Å²) in [5.41, 5.74) is 6.81. The van der Waals surface area contributed by atoms with Gasteiger partial charge in [-0.15, -0.1) is 0 Å². The molecule has 1 fully saturated rings. The van der Waals surface area contributed by atoms with E-state index in [1.807, 2.05) is 0 Å². The number of benzene rings is 1. The molecule has 1 aromatic carbocycles. The maximum Gasteiger partial charge on any atom is 0.143 e. The minimum atomic E-state index is -0.497. The standard InChI is InChI=1S/C11H13Br2NO2/c12-7-3-6(4-8(13)11(7)16)9(14)10(15)5-1-2-5/h3-5,9-10,15-16H,1-2,14H2/t9-,10+/m0/s1. The highest BCUT2D eigenvalue weighted by atomic mass is 79.9. The molecule has 0 bridgehead atoms. The van der Waals surface area contributed by atoms with Crippen LogP contribution < -0.4 is 5.73 Å². The lowest BCUT2D eigenvalue weighted by molar-refractivity contribution is 0.122. The smallest absolute Gasteiger partial charge is 0.143 e. The summed E-state index contributed by atoms with van der Waals surface area (Å²) in [6, 6.07) is 3.09. The van der Waals surface area contributed by atoms with Crippen LogP contribution in [0.5, 0.6) is 5.75 Å². The third-order valence-corrected chi connectivity index (χ3v) is 4.11. The fourth-order valence-electron chi connectivity index (χ4n) is 1.71. The summed E-state index contributed by atoms with van der Waals surface area (Å²) in [5.74, 6) is 0.484. The second-order valence-electron chi connectivity index (χ2n) is 4.19. The minimum absolute atomic E-state index is 0.150. The van der Waals surface area contributed by atoms with Crippen molar-refractivity contribution in [1.29, 1.82) is 0 Å². The van der Waals surface area contributed by atoms with Gasteiger partial charge in [-0.05, 0) is 68.3 Å². The van der Waals surface area contributed by atoms with Crippen molar-refractivity contribution >= 4 is 31.9 Å². The molecule has 0 spiro atoms. The number of rotatable bonds is 3. The van der Waals surface area contributed by atoms with Gasteiger partial charge >= 0.3 is 0 Å². The van der Waals surface area contributed by atoms with Gasteiger partial charge in [-0.1, -0.05) is 0 Å². The van der Waals surface area contributed by atoms with Crippen LogP contribution >= 0.6 is 31.9 Å². The molecule has 1 aromatic rings. The van der Waals surface area contributed by atoms with Crippen molar-refractivity contribution < 1.29 is 10.2 Å². The first-order chi connectivity index (χ1) is 7.50. The summed E-state index contributed by atoms with van der Waals surface area (Å²) in [6.45, 7) is 0. The molecular weight excluding hydrogens is 338 g/mol. The quantitative estimate of drug-likeness (QED) is 0.785. The summed E-state index contributed by atoms with van der Waals surface area (Å²) in [4.78, 5) is 0. The SMILES string of the molecule is N[C@@H](c1cc(Br)c(O)c(Br)c1)[C@H](O)C1CC1. The molecule has 1 saturated carbocycles. The van der Waals surface area contributed by atoms with Crippen LogP contribution in [0.15, 0.2) is 21.1 Å². The molecule has 0 aliphatic heterocycles. The number of halogens is 2. The van der Waals surface area contributed by atoms with Crippen LogP contribution in [0.4, 0.5) is 0 Å². The molecule has 16 heavy (non-hydrogen) atoms. The largest absolute Gasteiger partial charge is 0.506 e. The molecule has 2 atom stereocenters. The van der Waals surface area contributed by atoms with Gasteiger partial charge in [0.05, 0.1) is 21.1 Å². The van der Waals surface area contributed by atoms with E-state index in [4.69, 9.17) is 5.73 Å². The number of phenolic OH excluding ortho intramolecular Hbond substituents is 1. The summed E-state index contributed by atoms with van der Waals surface area (Å²) >= 11 is 6.50. The van der Waals surface area contributed by atoms with Crippen LogP contribution in [0.3, 0.4) is 0 Å². The average Bonchev–Trinajstić information content (AvgIpc) is 3.06.